The largest absolute Gasteiger partial charge is 0.299 e. The van der Waals surface area contributed by atoms with E-state index < -0.39 is 0 Å². The molecule has 2 aromatic rings. The highest BCUT2D eigenvalue weighted by Gasteiger charge is 2.40. The Bertz CT molecular complexity index is 688. The van der Waals surface area contributed by atoms with Crippen molar-refractivity contribution in [1.82, 2.24) is 14.5 Å². The number of carbonyl (C=O) groups is 1. The van der Waals surface area contributed by atoms with E-state index >= 15 is 0 Å². The number of hydrogen-bond donors (Lipinski definition) is 0. The first-order valence-corrected chi connectivity index (χ1v) is 9.40. The van der Waals surface area contributed by atoms with Crippen LogP contribution >= 0.6 is 11.5 Å². The number of carbonyl (C=O) groups excluding carboxylic acids is 1. The van der Waals surface area contributed by atoms with Crippen LogP contribution in [0.25, 0.3) is 0 Å². The van der Waals surface area contributed by atoms with Crippen LogP contribution in [0.4, 0.5) is 0 Å². The van der Waals surface area contributed by atoms with Crippen molar-refractivity contribution < 1.29 is 4.79 Å². The summed E-state index contributed by atoms with van der Waals surface area (Å²) in [4.78, 5) is 16.2. The van der Waals surface area contributed by atoms with Gasteiger partial charge < -0.3 is 0 Å². The van der Waals surface area contributed by atoms with Crippen LogP contribution in [0, 0.1) is 0 Å². The normalized spacial score (nSPS) is 18.0. The standard InChI is InChI=1S/C19H25N3OS/c1-14(2)18-17(24-21-20-18)13-22-11-9-19(10-12-22,15(3)23)16-7-5-4-6-8-16/h4-8,14H,9-13H2,1-3H3. The molecule has 0 saturated carbocycles. The summed E-state index contributed by atoms with van der Waals surface area (Å²) in [5.74, 6) is 0.694. The molecule has 1 aliphatic rings. The monoisotopic (exact) mass is 343 g/mol. The van der Waals surface area contributed by atoms with Gasteiger partial charge in [-0.1, -0.05) is 48.7 Å². The number of Topliss-reactive ketones (excluding diaryl/α,β-unsaturated/α-hetero) is 1. The molecule has 2 heterocycles. The van der Waals surface area contributed by atoms with Gasteiger partial charge in [-0.15, -0.1) is 5.10 Å². The number of benzene rings is 1. The Hall–Kier alpha value is -1.59. The molecule has 0 aliphatic carbocycles. The second kappa shape index (κ2) is 7.11. The van der Waals surface area contributed by atoms with Gasteiger partial charge in [0.25, 0.3) is 0 Å². The zero-order chi connectivity index (χ0) is 17.2. The molecule has 4 nitrogen and oxygen atoms in total. The highest BCUT2D eigenvalue weighted by atomic mass is 32.1. The molecule has 0 amide bonds. The molecular weight excluding hydrogens is 318 g/mol. The highest BCUT2D eigenvalue weighted by molar-refractivity contribution is 7.05. The molecule has 1 aromatic heterocycles. The maximum atomic E-state index is 12.5. The van der Waals surface area contributed by atoms with Gasteiger partial charge in [-0.2, -0.15) is 0 Å². The average Bonchev–Trinajstić information content (AvgIpc) is 3.05. The van der Waals surface area contributed by atoms with E-state index in [4.69, 9.17) is 0 Å². The van der Waals surface area contributed by atoms with Crippen molar-refractivity contribution in [3.8, 4) is 0 Å². The van der Waals surface area contributed by atoms with Crippen molar-refractivity contribution in [3.05, 3.63) is 46.5 Å². The van der Waals surface area contributed by atoms with E-state index in [0.29, 0.717) is 5.92 Å². The number of aromatic nitrogens is 2. The summed E-state index contributed by atoms with van der Waals surface area (Å²) in [6.07, 6.45) is 1.77. The Kier molecular flexibility index (Phi) is 5.11. The summed E-state index contributed by atoms with van der Waals surface area (Å²) in [6, 6.07) is 10.3. The molecule has 0 radical (unpaired) electrons. The van der Waals surface area contributed by atoms with Gasteiger partial charge in [0.2, 0.25) is 0 Å². The number of rotatable bonds is 5. The number of ketones is 1. The summed E-state index contributed by atoms with van der Waals surface area (Å²) >= 11 is 1.50. The van der Waals surface area contributed by atoms with Gasteiger partial charge in [0, 0.05) is 6.54 Å². The SMILES string of the molecule is CC(=O)C1(c2ccccc2)CCN(Cc2snnc2C(C)C)CC1. The first-order chi connectivity index (χ1) is 11.5. The predicted octanol–water partition coefficient (Wildman–Crippen LogP) is 3.78. The summed E-state index contributed by atoms with van der Waals surface area (Å²) in [5, 5.41) is 4.27. The Labute approximate surface area is 148 Å². The molecule has 1 saturated heterocycles. The number of hydrogen-bond acceptors (Lipinski definition) is 5. The fourth-order valence-corrected chi connectivity index (χ4v) is 4.50. The van der Waals surface area contributed by atoms with Gasteiger partial charge in [-0.05, 0) is 55.9 Å². The minimum Gasteiger partial charge on any atom is -0.299 e. The molecule has 1 aromatic carbocycles. The maximum absolute atomic E-state index is 12.5. The lowest BCUT2D eigenvalue weighted by atomic mass is 9.70. The zero-order valence-electron chi connectivity index (χ0n) is 14.7. The second-order valence-electron chi connectivity index (χ2n) is 7.02. The highest BCUT2D eigenvalue weighted by Crippen LogP contribution is 2.37. The third-order valence-corrected chi connectivity index (χ3v) is 5.93. The molecule has 0 N–H and O–H groups in total. The summed E-state index contributed by atoms with van der Waals surface area (Å²) in [5.41, 5.74) is 1.97. The first-order valence-electron chi connectivity index (χ1n) is 8.63. The van der Waals surface area contributed by atoms with E-state index in [0.717, 1.165) is 38.2 Å². The molecular formula is C19H25N3OS. The second-order valence-corrected chi connectivity index (χ2v) is 7.86. The Balaban J connectivity index is 1.72. The van der Waals surface area contributed by atoms with Gasteiger partial charge in [0.1, 0.15) is 5.78 Å². The molecule has 5 heteroatoms. The summed E-state index contributed by atoms with van der Waals surface area (Å²) < 4.78 is 4.12. The van der Waals surface area contributed by atoms with E-state index in [2.05, 4.69) is 40.5 Å². The fraction of sp³-hybridized carbons (Fsp3) is 0.526. The van der Waals surface area contributed by atoms with E-state index in [1.807, 2.05) is 18.2 Å². The van der Waals surface area contributed by atoms with Gasteiger partial charge >= 0.3 is 0 Å². The van der Waals surface area contributed by atoms with Crippen LogP contribution in [0.15, 0.2) is 30.3 Å². The van der Waals surface area contributed by atoms with E-state index in [1.165, 1.54) is 22.0 Å². The minimum absolute atomic E-state index is 0.288. The van der Waals surface area contributed by atoms with Crippen molar-refractivity contribution >= 4 is 17.3 Å². The third-order valence-electron chi connectivity index (χ3n) is 5.21. The van der Waals surface area contributed by atoms with E-state index in [9.17, 15) is 4.79 Å². The molecule has 0 bridgehead atoms. The van der Waals surface area contributed by atoms with Crippen molar-refractivity contribution in [2.75, 3.05) is 13.1 Å². The number of likely N-dealkylation sites (tertiary alicyclic amines) is 1. The molecule has 0 atom stereocenters. The molecule has 24 heavy (non-hydrogen) atoms. The Morgan fingerprint density at radius 2 is 1.92 bits per heavy atom. The Morgan fingerprint density at radius 1 is 1.25 bits per heavy atom. The third kappa shape index (κ3) is 3.28. The van der Waals surface area contributed by atoms with Crippen LogP contribution < -0.4 is 0 Å². The van der Waals surface area contributed by atoms with Crippen LogP contribution in [0.3, 0.4) is 0 Å². The van der Waals surface area contributed by atoms with Gasteiger partial charge in [0.15, 0.2) is 0 Å². The van der Waals surface area contributed by atoms with Crippen LogP contribution in [0.1, 0.15) is 55.7 Å². The smallest absolute Gasteiger partial charge is 0.140 e. The average molecular weight is 343 g/mol. The molecule has 0 spiro atoms. The van der Waals surface area contributed by atoms with Crippen molar-refractivity contribution in [2.24, 2.45) is 0 Å². The Morgan fingerprint density at radius 3 is 2.50 bits per heavy atom. The van der Waals surface area contributed by atoms with Crippen LogP contribution in [0.5, 0.6) is 0 Å². The number of piperidine rings is 1. The van der Waals surface area contributed by atoms with Gasteiger partial charge in [-0.3, -0.25) is 9.69 Å². The molecule has 128 valence electrons. The lowest BCUT2D eigenvalue weighted by Gasteiger charge is -2.40. The molecule has 0 unspecified atom stereocenters. The molecule has 3 rings (SSSR count). The van der Waals surface area contributed by atoms with E-state index in [1.54, 1.807) is 6.92 Å². The molecule has 1 aliphatic heterocycles. The summed E-state index contributed by atoms with van der Waals surface area (Å²) in [6.45, 7) is 8.83. The van der Waals surface area contributed by atoms with Crippen LogP contribution in [-0.4, -0.2) is 33.4 Å². The fourth-order valence-electron chi connectivity index (χ4n) is 3.66. The molecule has 1 fully saturated rings. The van der Waals surface area contributed by atoms with Crippen LogP contribution in [-0.2, 0) is 16.8 Å². The van der Waals surface area contributed by atoms with Gasteiger partial charge in [0.05, 0.1) is 16.0 Å². The van der Waals surface area contributed by atoms with Crippen molar-refractivity contribution in [1.29, 1.82) is 0 Å². The zero-order valence-corrected chi connectivity index (χ0v) is 15.5. The lowest BCUT2D eigenvalue weighted by Crippen LogP contribution is -2.46. The van der Waals surface area contributed by atoms with Crippen LogP contribution in [0.2, 0.25) is 0 Å². The minimum atomic E-state index is -0.315. The van der Waals surface area contributed by atoms with Gasteiger partial charge in [-0.25, -0.2) is 0 Å². The van der Waals surface area contributed by atoms with Crippen molar-refractivity contribution in [3.63, 3.8) is 0 Å². The topological polar surface area (TPSA) is 46.1 Å². The first kappa shape index (κ1) is 17.2. The lowest BCUT2D eigenvalue weighted by molar-refractivity contribution is -0.124. The quantitative estimate of drug-likeness (QED) is 0.829. The van der Waals surface area contributed by atoms with E-state index in [-0.39, 0.29) is 11.2 Å². The predicted molar refractivity (Wildman–Crippen MR) is 97.3 cm³/mol. The number of nitrogens with zero attached hydrogens (tertiary/aromatic N) is 3. The van der Waals surface area contributed by atoms with Crippen molar-refractivity contribution in [2.45, 2.75) is 51.5 Å². The summed E-state index contributed by atoms with van der Waals surface area (Å²) in [7, 11) is 0. The maximum Gasteiger partial charge on any atom is 0.140 e.